The van der Waals surface area contributed by atoms with Crippen molar-refractivity contribution in [1.29, 1.82) is 0 Å². The first-order chi connectivity index (χ1) is 20.5. The van der Waals surface area contributed by atoms with Crippen molar-refractivity contribution in [3.8, 4) is 0 Å². The van der Waals surface area contributed by atoms with Gasteiger partial charge in [0.25, 0.3) is 10.0 Å². The Balaban J connectivity index is 1.79. The molecule has 0 bridgehead atoms. The van der Waals surface area contributed by atoms with Crippen LogP contribution in [0.25, 0.3) is 0 Å². The van der Waals surface area contributed by atoms with Crippen molar-refractivity contribution in [3.05, 3.63) is 129 Å². The van der Waals surface area contributed by atoms with E-state index in [-0.39, 0.29) is 28.6 Å². The van der Waals surface area contributed by atoms with Gasteiger partial charge < -0.3 is 10.2 Å². The summed E-state index contributed by atoms with van der Waals surface area (Å²) in [5, 5.41) is 3.69. The Kier molecular flexibility index (Phi) is 10.7. The molecule has 2 amide bonds. The van der Waals surface area contributed by atoms with Crippen LogP contribution in [0.4, 0.5) is 5.69 Å². The summed E-state index contributed by atoms with van der Waals surface area (Å²) in [6.45, 7) is 1.24. The second-order valence-electron chi connectivity index (χ2n) is 9.89. The number of likely N-dealkylation sites (N-methyl/N-ethyl adjacent to an activating group) is 1. The molecule has 1 unspecified atom stereocenters. The summed E-state index contributed by atoms with van der Waals surface area (Å²) in [6.07, 6.45) is 0.194. The minimum absolute atomic E-state index is 0.0176. The third-order valence-electron chi connectivity index (χ3n) is 6.86. The van der Waals surface area contributed by atoms with Crippen LogP contribution in [0.1, 0.15) is 16.7 Å². The molecule has 0 radical (unpaired) electrons. The first kappa shape index (κ1) is 32.4. The van der Waals surface area contributed by atoms with E-state index in [0.717, 1.165) is 15.4 Å². The van der Waals surface area contributed by atoms with Gasteiger partial charge in [-0.25, -0.2) is 8.42 Å². The van der Waals surface area contributed by atoms with Crippen molar-refractivity contribution >= 4 is 62.3 Å². The van der Waals surface area contributed by atoms with Crippen molar-refractivity contribution in [2.24, 2.45) is 0 Å². The smallest absolute Gasteiger partial charge is 0.264 e. The summed E-state index contributed by atoms with van der Waals surface area (Å²) in [7, 11) is -2.71. The molecule has 4 aromatic carbocycles. The SMILES string of the molecule is CNC(=O)C(Cc1ccccc1)N(Cc1ccc(Cl)c(Cl)c1)C(=O)CN(c1ccc(Cl)cc1)S(=O)(=O)c1ccc(C)cc1. The van der Waals surface area contributed by atoms with Gasteiger partial charge in [-0.2, -0.15) is 0 Å². The molecule has 0 saturated heterocycles. The number of anilines is 1. The summed E-state index contributed by atoms with van der Waals surface area (Å²) in [5.74, 6) is -1.00. The Morgan fingerprint density at radius 1 is 0.814 bits per heavy atom. The van der Waals surface area contributed by atoms with E-state index < -0.39 is 34.4 Å². The fraction of sp³-hybridized carbons (Fsp3) is 0.188. The molecule has 43 heavy (non-hydrogen) atoms. The number of nitrogens with one attached hydrogen (secondary N) is 1. The van der Waals surface area contributed by atoms with Crippen molar-refractivity contribution in [2.75, 3.05) is 17.9 Å². The number of nitrogens with zero attached hydrogens (tertiary/aromatic N) is 2. The molecule has 0 aliphatic heterocycles. The fourth-order valence-corrected chi connectivity index (χ4v) is 6.39. The predicted octanol–water partition coefficient (Wildman–Crippen LogP) is 6.54. The van der Waals surface area contributed by atoms with Gasteiger partial charge in [-0.05, 0) is 66.6 Å². The molecule has 4 rings (SSSR count). The zero-order valence-electron chi connectivity index (χ0n) is 23.5. The van der Waals surface area contributed by atoms with E-state index >= 15 is 0 Å². The van der Waals surface area contributed by atoms with Crippen molar-refractivity contribution < 1.29 is 18.0 Å². The Bertz CT molecular complexity index is 1680. The number of rotatable bonds is 11. The number of carbonyl (C=O) groups excluding carboxylic acids is 2. The zero-order valence-corrected chi connectivity index (χ0v) is 26.6. The third kappa shape index (κ3) is 8.09. The van der Waals surface area contributed by atoms with E-state index in [0.29, 0.717) is 15.6 Å². The molecule has 0 saturated carbocycles. The maximum atomic E-state index is 14.3. The number of amides is 2. The normalized spacial score (nSPS) is 11.9. The third-order valence-corrected chi connectivity index (χ3v) is 9.64. The summed E-state index contributed by atoms with van der Waals surface area (Å²) >= 11 is 18.5. The first-order valence-corrected chi connectivity index (χ1v) is 15.9. The van der Waals surface area contributed by atoms with Gasteiger partial charge in [-0.15, -0.1) is 0 Å². The van der Waals surface area contributed by atoms with Gasteiger partial charge in [0, 0.05) is 25.0 Å². The molecular weight excluding hydrogens is 629 g/mol. The number of halogens is 3. The monoisotopic (exact) mass is 657 g/mol. The number of hydrogen-bond acceptors (Lipinski definition) is 4. The summed E-state index contributed by atoms with van der Waals surface area (Å²) in [6, 6.07) is 25.8. The highest BCUT2D eigenvalue weighted by molar-refractivity contribution is 7.92. The van der Waals surface area contributed by atoms with Crippen LogP contribution in [0.3, 0.4) is 0 Å². The Morgan fingerprint density at radius 2 is 1.47 bits per heavy atom. The molecule has 0 heterocycles. The summed E-state index contributed by atoms with van der Waals surface area (Å²) in [4.78, 5) is 29.0. The van der Waals surface area contributed by atoms with Gasteiger partial charge in [0.15, 0.2) is 0 Å². The van der Waals surface area contributed by atoms with Crippen molar-refractivity contribution in [2.45, 2.75) is 30.8 Å². The van der Waals surface area contributed by atoms with Gasteiger partial charge in [-0.3, -0.25) is 13.9 Å². The molecule has 224 valence electrons. The average Bonchev–Trinajstić information content (AvgIpc) is 3.00. The van der Waals surface area contributed by atoms with E-state index in [1.807, 2.05) is 37.3 Å². The summed E-state index contributed by atoms with van der Waals surface area (Å²) < 4.78 is 29.0. The molecule has 0 fully saturated rings. The zero-order chi connectivity index (χ0) is 31.1. The van der Waals surface area contributed by atoms with E-state index in [4.69, 9.17) is 34.8 Å². The van der Waals surface area contributed by atoms with Crippen molar-refractivity contribution in [3.63, 3.8) is 0 Å². The lowest BCUT2D eigenvalue weighted by atomic mass is 10.0. The second-order valence-corrected chi connectivity index (χ2v) is 13.0. The molecule has 0 aliphatic rings. The molecule has 11 heteroatoms. The maximum Gasteiger partial charge on any atom is 0.264 e. The van der Waals surface area contributed by atoms with Gasteiger partial charge in [0.05, 0.1) is 20.6 Å². The Labute approximate surface area is 267 Å². The molecule has 0 aromatic heterocycles. The number of aryl methyl sites for hydroxylation is 1. The Morgan fingerprint density at radius 3 is 2.07 bits per heavy atom. The van der Waals surface area contributed by atoms with Gasteiger partial charge >= 0.3 is 0 Å². The van der Waals surface area contributed by atoms with E-state index in [9.17, 15) is 18.0 Å². The van der Waals surface area contributed by atoms with Crippen LogP contribution in [0.2, 0.25) is 15.1 Å². The van der Waals surface area contributed by atoms with Crippen LogP contribution in [0.5, 0.6) is 0 Å². The summed E-state index contributed by atoms with van der Waals surface area (Å²) in [5.41, 5.74) is 2.57. The molecule has 1 N–H and O–H groups in total. The fourth-order valence-electron chi connectivity index (χ4n) is 4.53. The van der Waals surface area contributed by atoms with Crippen molar-refractivity contribution in [1.82, 2.24) is 10.2 Å². The average molecular weight is 659 g/mol. The molecular formula is C32H30Cl3N3O4S. The van der Waals surface area contributed by atoms with Crippen LogP contribution in [0, 0.1) is 6.92 Å². The lowest BCUT2D eigenvalue weighted by molar-refractivity contribution is -0.139. The van der Waals surface area contributed by atoms with Gasteiger partial charge in [0.1, 0.15) is 12.6 Å². The molecule has 0 spiro atoms. The number of carbonyl (C=O) groups is 2. The lowest BCUT2D eigenvalue weighted by Gasteiger charge is -2.33. The number of hydrogen-bond donors (Lipinski definition) is 1. The van der Waals surface area contributed by atoms with E-state index in [1.54, 1.807) is 42.5 Å². The molecule has 4 aromatic rings. The minimum Gasteiger partial charge on any atom is -0.357 e. The predicted molar refractivity (Wildman–Crippen MR) is 172 cm³/mol. The van der Waals surface area contributed by atoms with Crippen LogP contribution < -0.4 is 9.62 Å². The number of sulfonamides is 1. The lowest BCUT2D eigenvalue weighted by Crippen LogP contribution is -2.53. The molecule has 1 atom stereocenters. The van der Waals surface area contributed by atoms with Gasteiger partial charge in [-0.1, -0.05) is 88.9 Å². The Hall–Kier alpha value is -3.56. The molecule has 7 nitrogen and oxygen atoms in total. The second kappa shape index (κ2) is 14.3. The van der Waals surface area contributed by atoms with Crippen LogP contribution in [0.15, 0.2) is 102 Å². The largest absolute Gasteiger partial charge is 0.357 e. The maximum absolute atomic E-state index is 14.3. The van der Waals surface area contributed by atoms with Crippen LogP contribution >= 0.6 is 34.8 Å². The molecule has 0 aliphatic carbocycles. The highest BCUT2D eigenvalue weighted by Crippen LogP contribution is 2.28. The topological polar surface area (TPSA) is 86.8 Å². The van der Waals surface area contributed by atoms with Crippen LogP contribution in [-0.2, 0) is 32.6 Å². The van der Waals surface area contributed by atoms with E-state index in [2.05, 4.69) is 5.32 Å². The highest BCUT2D eigenvalue weighted by Gasteiger charge is 2.34. The minimum atomic E-state index is -4.20. The first-order valence-electron chi connectivity index (χ1n) is 13.3. The number of benzene rings is 4. The van der Waals surface area contributed by atoms with E-state index in [1.165, 1.54) is 36.2 Å². The highest BCUT2D eigenvalue weighted by atomic mass is 35.5. The quantitative estimate of drug-likeness (QED) is 0.198. The standard InChI is InChI=1S/C32H30Cl3N3O4S/c1-22-8-15-27(16-9-22)43(41,42)38(26-13-11-25(33)12-14-26)21-31(39)37(20-24-10-17-28(34)29(35)18-24)30(32(40)36-2)19-23-6-4-3-5-7-23/h3-18,30H,19-21H2,1-2H3,(H,36,40). The van der Waals surface area contributed by atoms with Gasteiger partial charge in [0.2, 0.25) is 11.8 Å². The van der Waals surface area contributed by atoms with Crippen LogP contribution in [-0.4, -0.2) is 44.8 Å².